The Morgan fingerprint density at radius 1 is 1.32 bits per heavy atom. The van der Waals surface area contributed by atoms with Crippen LogP contribution in [0.2, 0.25) is 0 Å². The third-order valence-electron chi connectivity index (χ3n) is 4.75. The predicted octanol–water partition coefficient (Wildman–Crippen LogP) is 0.529. The molecule has 2 atom stereocenters. The zero-order valence-corrected chi connectivity index (χ0v) is 15.7. The van der Waals surface area contributed by atoms with Crippen LogP contribution in [0.4, 0.5) is 0 Å². The molecule has 9 nitrogen and oxygen atoms in total. The number of hydrogen-bond donors (Lipinski definition) is 2. The molecule has 3 heterocycles. The van der Waals surface area contributed by atoms with Gasteiger partial charge in [-0.05, 0) is 24.3 Å². The molecule has 2 N–H and O–H groups in total. The number of ether oxygens (including phenoxy) is 2. The predicted molar refractivity (Wildman–Crippen MR) is 100 cm³/mol. The van der Waals surface area contributed by atoms with Crippen LogP contribution in [0.25, 0.3) is 5.69 Å². The summed E-state index contributed by atoms with van der Waals surface area (Å²) in [6.07, 6.45) is 3.77. The van der Waals surface area contributed by atoms with E-state index in [4.69, 9.17) is 19.4 Å². The first-order valence-corrected chi connectivity index (χ1v) is 8.99. The molecule has 0 unspecified atom stereocenters. The van der Waals surface area contributed by atoms with Gasteiger partial charge in [-0.2, -0.15) is 0 Å². The highest BCUT2D eigenvalue weighted by Crippen LogP contribution is 2.19. The van der Waals surface area contributed by atoms with Crippen molar-refractivity contribution < 1.29 is 24.2 Å². The van der Waals surface area contributed by atoms with E-state index in [1.807, 2.05) is 36.7 Å². The molecule has 0 spiro atoms. The Balaban J connectivity index is 0.000000706. The first-order valence-electron chi connectivity index (χ1n) is 8.99. The minimum absolute atomic E-state index is 0.0457. The number of aromatic nitrogens is 2. The minimum atomic E-state index is -0.250. The van der Waals surface area contributed by atoms with Crippen molar-refractivity contribution in [2.24, 2.45) is 5.92 Å². The summed E-state index contributed by atoms with van der Waals surface area (Å²) in [5.74, 6) is 1.77. The highest BCUT2D eigenvalue weighted by Gasteiger charge is 2.33. The lowest BCUT2D eigenvalue weighted by Gasteiger charge is -2.27. The smallest absolute Gasteiger partial charge is 0.290 e. The molecule has 0 aliphatic carbocycles. The molecular weight excluding hydrogens is 364 g/mol. The number of hydrogen-bond acceptors (Lipinski definition) is 6. The van der Waals surface area contributed by atoms with Crippen LogP contribution in [-0.4, -0.2) is 71.4 Å². The molecular formula is C19H24N4O5. The quantitative estimate of drug-likeness (QED) is 0.736. The summed E-state index contributed by atoms with van der Waals surface area (Å²) in [4.78, 5) is 27.3. The van der Waals surface area contributed by atoms with E-state index >= 15 is 0 Å². The van der Waals surface area contributed by atoms with E-state index in [1.54, 1.807) is 7.11 Å². The van der Waals surface area contributed by atoms with Gasteiger partial charge in [-0.25, -0.2) is 4.98 Å². The summed E-state index contributed by atoms with van der Waals surface area (Å²) >= 11 is 0. The van der Waals surface area contributed by atoms with Crippen LogP contribution in [0.3, 0.4) is 0 Å². The summed E-state index contributed by atoms with van der Waals surface area (Å²) < 4.78 is 12.9. The average Bonchev–Trinajstić information content (AvgIpc) is 2.99. The molecule has 0 saturated carbocycles. The van der Waals surface area contributed by atoms with Gasteiger partial charge in [0.15, 0.2) is 0 Å². The second kappa shape index (κ2) is 9.34. The Bertz CT molecular complexity index is 792. The van der Waals surface area contributed by atoms with Crippen molar-refractivity contribution in [3.05, 3.63) is 42.5 Å². The summed E-state index contributed by atoms with van der Waals surface area (Å²) in [7, 11) is 1.66. The van der Waals surface area contributed by atoms with Crippen molar-refractivity contribution >= 4 is 12.4 Å². The van der Waals surface area contributed by atoms with Gasteiger partial charge >= 0.3 is 0 Å². The number of carbonyl (C=O) groups is 2. The third-order valence-corrected chi connectivity index (χ3v) is 4.75. The van der Waals surface area contributed by atoms with Gasteiger partial charge < -0.3 is 24.5 Å². The molecule has 150 valence electrons. The first-order chi connectivity index (χ1) is 13.6. The highest BCUT2D eigenvalue weighted by molar-refractivity contribution is 5.79. The lowest BCUT2D eigenvalue weighted by Crippen LogP contribution is -2.42. The number of imidazole rings is 1. The molecule has 9 heteroatoms. The summed E-state index contributed by atoms with van der Waals surface area (Å²) in [5, 5.41) is 9.95. The lowest BCUT2D eigenvalue weighted by atomic mass is 10.1. The largest absolute Gasteiger partial charge is 0.497 e. The maximum absolute atomic E-state index is 12.1. The molecule has 1 aromatic carbocycles. The molecule has 2 saturated heterocycles. The van der Waals surface area contributed by atoms with Crippen LogP contribution in [-0.2, 0) is 20.9 Å². The van der Waals surface area contributed by atoms with Crippen molar-refractivity contribution in [1.82, 2.24) is 19.8 Å². The van der Waals surface area contributed by atoms with E-state index in [9.17, 15) is 4.79 Å². The fourth-order valence-corrected chi connectivity index (χ4v) is 3.48. The molecule has 1 aromatic heterocycles. The topological polar surface area (TPSA) is 106 Å². The zero-order chi connectivity index (χ0) is 19.9. The molecule has 0 radical (unpaired) electrons. The number of carboxylic acid groups (broad SMARTS) is 1. The maximum atomic E-state index is 12.1. The Kier molecular flexibility index (Phi) is 6.62. The standard InChI is InChI=1S/C18H22N4O3.CH2O2/c1-24-16-4-2-15(3-5-16)22-7-6-19-17(22)10-21-8-13-11-25-12-14(9-21)20-18(13)23;2-1-3/h2-7,13-14H,8-12H2,1H3,(H,20,23);1H,(H,2,3)/t13-,14+;/m1./s1. The van der Waals surface area contributed by atoms with Gasteiger partial charge in [0.05, 0.1) is 38.8 Å². The summed E-state index contributed by atoms with van der Waals surface area (Å²) in [5.41, 5.74) is 1.04. The van der Waals surface area contributed by atoms with Crippen LogP contribution in [0.5, 0.6) is 5.75 Å². The number of nitrogens with one attached hydrogen (secondary N) is 1. The Labute approximate surface area is 162 Å². The Hall–Kier alpha value is -2.91. The summed E-state index contributed by atoms with van der Waals surface area (Å²) in [6, 6.07) is 7.95. The van der Waals surface area contributed by atoms with E-state index in [1.165, 1.54) is 0 Å². The summed E-state index contributed by atoms with van der Waals surface area (Å²) in [6.45, 7) is 2.98. The van der Waals surface area contributed by atoms with Crippen LogP contribution in [0.1, 0.15) is 5.82 Å². The average molecular weight is 388 g/mol. The monoisotopic (exact) mass is 388 g/mol. The SMILES string of the molecule is COc1ccc(-n2ccnc2CN2C[C@H]3COC[C@@H](C2)C(=O)N3)cc1.O=CO. The van der Waals surface area contributed by atoms with Gasteiger partial charge in [0.2, 0.25) is 5.91 Å². The molecule has 2 aliphatic heterocycles. The van der Waals surface area contributed by atoms with Crippen molar-refractivity contribution in [2.75, 3.05) is 33.4 Å². The van der Waals surface area contributed by atoms with Crippen molar-refractivity contribution in [2.45, 2.75) is 12.6 Å². The molecule has 2 aromatic rings. The van der Waals surface area contributed by atoms with Crippen LogP contribution in [0.15, 0.2) is 36.7 Å². The number of nitrogens with zero attached hydrogens (tertiary/aromatic N) is 3. The van der Waals surface area contributed by atoms with Crippen LogP contribution in [0, 0.1) is 5.92 Å². The number of methoxy groups -OCH3 is 1. The van der Waals surface area contributed by atoms with Crippen molar-refractivity contribution in [3.63, 3.8) is 0 Å². The fourth-order valence-electron chi connectivity index (χ4n) is 3.48. The van der Waals surface area contributed by atoms with Crippen molar-refractivity contribution in [3.8, 4) is 11.4 Å². The first kappa shape index (κ1) is 19.8. The number of carbonyl (C=O) groups excluding carboxylic acids is 1. The van der Waals surface area contributed by atoms with E-state index in [0.29, 0.717) is 26.3 Å². The highest BCUT2D eigenvalue weighted by atomic mass is 16.5. The van der Waals surface area contributed by atoms with Crippen molar-refractivity contribution in [1.29, 1.82) is 0 Å². The Morgan fingerprint density at radius 3 is 2.79 bits per heavy atom. The van der Waals surface area contributed by atoms with E-state index in [-0.39, 0.29) is 24.3 Å². The van der Waals surface area contributed by atoms with E-state index < -0.39 is 0 Å². The van der Waals surface area contributed by atoms with Crippen LogP contribution < -0.4 is 10.1 Å². The lowest BCUT2D eigenvalue weighted by molar-refractivity contribution is -0.125. The minimum Gasteiger partial charge on any atom is -0.497 e. The number of amides is 1. The molecule has 4 rings (SSSR count). The van der Waals surface area contributed by atoms with Gasteiger partial charge in [-0.3, -0.25) is 14.5 Å². The molecule has 1 amide bonds. The number of benzene rings is 1. The van der Waals surface area contributed by atoms with Gasteiger partial charge in [-0.1, -0.05) is 0 Å². The van der Waals surface area contributed by atoms with Crippen LogP contribution >= 0.6 is 0 Å². The van der Waals surface area contributed by atoms with Gasteiger partial charge in [0.25, 0.3) is 6.47 Å². The molecule has 28 heavy (non-hydrogen) atoms. The normalized spacial score (nSPS) is 21.7. The maximum Gasteiger partial charge on any atom is 0.290 e. The van der Waals surface area contributed by atoms with E-state index in [2.05, 4.69) is 19.8 Å². The second-order valence-corrected chi connectivity index (χ2v) is 6.65. The van der Waals surface area contributed by atoms with E-state index in [0.717, 1.165) is 23.8 Å². The second-order valence-electron chi connectivity index (χ2n) is 6.65. The number of fused-ring (bicyclic) bond motifs is 3. The van der Waals surface area contributed by atoms with Gasteiger partial charge in [0.1, 0.15) is 11.6 Å². The zero-order valence-electron chi connectivity index (χ0n) is 15.7. The fraction of sp³-hybridized carbons (Fsp3) is 0.421. The van der Waals surface area contributed by atoms with Gasteiger partial charge in [0, 0.05) is 31.2 Å². The molecule has 2 aliphatic rings. The molecule has 2 bridgehead atoms. The Morgan fingerprint density at radius 2 is 2.07 bits per heavy atom. The number of rotatable bonds is 4. The molecule has 2 fully saturated rings. The third kappa shape index (κ3) is 4.68. The van der Waals surface area contributed by atoms with Gasteiger partial charge in [-0.15, -0.1) is 0 Å².